The van der Waals surface area contributed by atoms with Crippen LogP contribution in [0.25, 0.3) is 65.7 Å². The quantitative estimate of drug-likeness (QED) is 0.175. The van der Waals surface area contributed by atoms with Crippen LogP contribution in [-0.4, -0.2) is 0 Å². The zero-order valence-electron chi connectivity index (χ0n) is 29.8. The maximum atomic E-state index is 6.47. The minimum atomic E-state index is -0.328. The molecular formula is C51H34N2O2. The molecule has 0 aliphatic carbocycles. The largest absolute Gasteiger partial charge is 0.464 e. The third kappa shape index (κ3) is 5.30. The summed E-state index contributed by atoms with van der Waals surface area (Å²) in [6.07, 6.45) is -0.328. The lowest BCUT2D eigenvalue weighted by atomic mass is 9.93. The van der Waals surface area contributed by atoms with E-state index in [1.54, 1.807) is 0 Å². The smallest absolute Gasteiger partial charge is 0.197 e. The lowest BCUT2D eigenvalue weighted by Gasteiger charge is -2.26. The molecule has 0 amide bonds. The van der Waals surface area contributed by atoms with Crippen LogP contribution in [0.15, 0.2) is 199 Å². The van der Waals surface area contributed by atoms with Gasteiger partial charge in [0.15, 0.2) is 6.23 Å². The molecule has 260 valence electrons. The first-order valence-corrected chi connectivity index (χ1v) is 18.7. The van der Waals surface area contributed by atoms with E-state index in [-0.39, 0.29) is 6.23 Å². The van der Waals surface area contributed by atoms with Crippen molar-refractivity contribution in [3.63, 3.8) is 0 Å². The van der Waals surface area contributed by atoms with Gasteiger partial charge in [0.2, 0.25) is 0 Å². The molecule has 0 bridgehead atoms. The van der Waals surface area contributed by atoms with Gasteiger partial charge < -0.3 is 19.4 Å². The standard InChI is InChI=1S/C51H34N2O2/c1-2-11-33(12-3-1)34-21-25-37(26-22-34)53(38-27-23-35(24-28-38)44-31-36-13-4-5-14-40(36)41-15-6-7-16-42(41)44)39-29-30-47-45(32-39)50-43(17-10-20-49(50)54-47)51-52-46-18-8-9-19-48(46)55-51/h1-32,51-52H. The Bertz CT molecular complexity index is 3010. The Balaban J connectivity index is 1.05. The van der Waals surface area contributed by atoms with Gasteiger partial charge in [-0.1, -0.05) is 127 Å². The average Bonchev–Trinajstić information content (AvgIpc) is 3.86. The van der Waals surface area contributed by atoms with Crippen LogP contribution in [0, 0.1) is 0 Å². The van der Waals surface area contributed by atoms with Crippen molar-refractivity contribution in [1.29, 1.82) is 0 Å². The third-order valence-electron chi connectivity index (χ3n) is 10.9. The number of furan rings is 1. The number of fused-ring (bicyclic) bond motifs is 7. The Morgan fingerprint density at radius 3 is 1.89 bits per heavy atom. The number of hydrogen-bond donors (Lipinski definition) is 1. The molecule has 0 saturated carbocycles. The summed E-state index contributed by atoms with van der Waals surface area (Å²) in [4.78, 5) is 2.33. The first kappa shape index (κ1) is 31.2. The summed E-state index contributed by atoms with van der Waals surface area (Å²) >= 11 is 0. The van der Waals surface area contributed by atoms with Gasteiger partial charge in [-0.15, -0.1) is 0 Å². The second-order valence-corrected chi connectivity index (χ2v) is 14.1. The summed E-state index contributed by atoms with van der Waals surface area (Å²) in [5.41, 5.74) is 11.6. The van der Waals surface area contributed by atoms with Crippen LogP contribution in [-0.2, 0) is 0 Å². The Kier molecular flexibility index (Phi) is 7.20. The Morgan fingerprint density at radius 2 is 1.09 bits per heavy atom. The molecule has 1 aromatic heterocycles. The van der Waals surface area contributed by atoms with E-state index in [4.69, 9.17) is 9.15 Å². The van der Waals surface area contributed by atoms with Gasteiger partial charge in [0.25, 0.3) is 0 Å². The summed E-state index contributed by atoms with van der Waals surface area (Å²) in [7, 11) is 0. The number of nitrogens with zero attached hydrogens (tertiary/aromatic N) is 1. The van der Waals surface area contributed by atoms with E-state index >= 15 is 0 Å². The van der Waals surface area contributed by atoms with Gasteiger partial charge >= 0.3 is 0 Å². The molecule has 0 radical (unpaired) electrons. The number of rotatable bonds is 6. The maximum absolute atomic E-state index is 6.47. The van der Waals surface area contributed by atoms with Gasteiger partial charge in [0.05, 0.1) is 5.69 Å². The Morgan fingerprint density at radius 1 is 0.436 bits per heavy atom. The highest BCUT2D eigenvalue weighted by molar-refractivity contribution is 6.14. The number of para-hydroxylation sites is 2. The number of benzene rings is 9. The van der Waals surface area contributed by atoms with Crippen LogP contribution in [0.4, 0.5) is 22.7 Å². The molecule has 55 heavy (non-hydrogen) atoms. The van der Waals surface area contributed by atoms with Gasteiger partial charge in [-0.05, 0) is 111 Å². The molecule has 1 aliphatic heterocycles. The molecule has 1 aliphatic rings. The second kappa shape index (κ2) is 12.7. The normalized spacial score (nSPS) is 13.6. The maximum Gasteiger partial charge on any atom is 0.197 e. The molecule has 1 N–H and O–H groups in total. The highest BCUT2D eigenvalue weighted by atomic mass is 16.5. The fourth-order valence-corrected chi connectivity index (χ4v) is 8.29. The summed E-state index contributed by atoms with van der Waals surface area (Å²) in [6.45, 7) is 0. The molecule has 0 spiro atoms. The first-order valence-electron chi connectivity index (χ1n) is 18.7. The van der Waals surface area contributed by atoms with Gasteiger partial charge in [-0.2, -0.15) is 0 Å². The van der Waals surface area contributed by atoms with E-state index in [1.807, 2.05) is 30.3 Å². The van der Waals surface area contributed by atoms with Crippen molar-refractivity contribution in [2.75, 3.05) is 10.2 Å². The van der Waals surface area contributed by atoms with E-state index < -0.39 is 0 Å². The van der Waals surface area contributed by atoms with Gasteiger partial charge in [-0.25, -0.2) is 0 Å². The lowest BCUT2D eigenvalue weighted by molar-refractivity contribution is 0.261. The minimum Gasteiger partial charge on any atom is -0.464 e. The predicted molar refractivity (Wildman–Crippen MR) is 228 cm³/mol. The predicted octanol–water partition coefficient (Wildman–Crippen LogP) is 14.2. The van der Waals surface area contributed by atoms with Crippen molar-refractivity contribution < 1.29 is 9.15 Å². The van der Waals surface area contributed by atoms with E-state index in [9.17, 15) is 0 Å². The lowest BCUT2D eigenvalue weighted by Crippen LogP contribution is -2.11. The molecule has 1 unspecified atom stereocenters. The van der Waals surface area contributed by atoms with Crippen LogP contribution in [0.1, 0.15) is 11.8 Å². The first-order chi connectivity index (χ1) is 27.2. The molecular weight excluding hydrogens is 673 g/mol. The molecule has 2 heterocycles. The van der Waals surface area contributed by atoms with Crippen molar-refractivity contribution in [2.24, 2.45) is 0 Å². The number of ether oxygens (including phenoxy) is 1. The SMILES string of the molecule is c1ccc(-c2ccc(N(c3ccc(-c4cc5ccccc5c5ccccc45)cc3)c3ccc4oc5cccc(C6Nc7ccccc7O6)c5c4c3)cc2)cc1. The molecule has 4 heteroatoms. The van der Waals surface area contributed by atoms with Crippen molar-refractivity contribution in [2.45, 2.75) is 6.23 Å². The van der Waals surface area contributed by atoms with Crippen LogP contribution >= 0.6 is 0 Å². The summed E-state index contributed by atoms with van der Waals surface area (Å²) in [5.74, 6) is 0.850. The van der Waals surface area contributed by atoms with Crippen molar-refractivity contribution in [3.8, 4) is 28.0 Å². The molecule has 0 saturated heterocycles. The van der Waals surface area contributed by atoms with Gasteiger partial charge in [0, 0.05) is 33.4 Å². The van der Waals surface area contributed by atoms with Gasteiger partial charge in [-0.3, -0.25) is 0 Å². The minimum absolute atomic E-state index is 0.328. The highest BCUT2D eigenvalue weighted by Gasteiger charge is 2.27. The van der Waals surface area contributed by atoms with Crippen molar-refractivity contribution in [3.05, 3.63) is 200 Å². The highest BCUT2D eigenvalue weighted by Crippen LogP contribution is 2.45. The third-order valence-corrected chi connectivity index (χ3v) is 10.9. The van der Waals surface area contributed by atoms with E-state index in [2.05, 4.69) is 174 Å². The zero-order chi connectivity index (χ0) is 36.3. The topological polar surface area (TPSA) is 37.6 Å². The summed E-state index contributed by atoms with van der Waals surface area (Å²) < 4.78 is 12.9. The number of anilines is 4. The molecule has 1 atom stereocenters. The molecule has 9 aromatic carbocycles. The molecule has 10 aromatic rings. The van der Waals surface area contributed by atoms with E-state index in [0.717, 1.165) is 56.0 Å². The van der Waals surface area contributed by atoms with E-state index in [0.29, 0.717) is 0 Å². The van der Waals surface area contributed by atoms with Gasteiger partial charge in [0.1, 0.15) is 16.9 Å². The monoisotopic (exact) mass is 706 g/mol. The van der Waals surface area contributed by atoms with E-state index in [1.165, 1.54) is 43.8 Å². The molecule has 4 nitrogen and oxygen atoms in total. The Hall–Kier alpha value is -7.30. The summed E-state index contributed by atoms with van der Waals surface area (Å²) in [5, 5.41) is 10.7. The molecule has 11 rings (SSSR count). The Labute approximate surface area is 318 Å². The van der Waals surface area contributed by atoms with Crippen LogP contribution in [0.3, 0.4) is 0 Å². The fraction of sp³-hybridized carbons (Fsp3) is 0.0196. The number of nitrogens with one attached hydrogen (secondary N) is 1. The van der Waals surface area contributed by atoms with Crippen molar-refractivity contribution >= 4 is 66.2 Å². The van der Waals surface area contributed by atoms with Crippen molar-refractivity contribution in [1.82, 2.24) is 0 Å². The zero-order valence-corrected chi connectivity index (χ0v) is 29.8. The number of hydrogen-bond acceptors (Lipinski definition) is 4. The van der Waals surface area contributed by atoms with Crippen LogP contribution in [0.2, 0.25) is 0 Å². The summed E-state index contributed by atoms with van der Waals surface area (Å²) in [6, 6.07) is 68.8. The van der Waals surface area contributed by atoms with Crippen LogP contribution < -0.4 is 15.0 Å². The average molecular weight is 707 g/mol. The fourth-order valence-electron chi connectivity index (χ4n) is 8.29. The second-order valence-electron chi connectivity index (χ2n) is 14.1. The molecule has 0 fully saturated rings. The van der Waals surface area contributed by atoms with Crippen LogP contribution in [0.5, 0.6) is 5.75 Å².